The molecule has 1 saturated carbocycles. The molecule has 1 heterocycles. The summed E-state index contributed by atoms with van der Waals surface area (Å²) in [5, 5.41) is 12.5. The van der Waals surface area contributed by atoms with Gasteiger partial charge >= 0.3 is 23.9 Å². The van der Waals surface area contributed by atoms with Crippen LogP contribution >= 0.6 is 11.6 Å². The first-order valence-corrected chi connectivity index (χ1v) is 14.3. The highest BCUT2D eigenvalue weighted by Gasteiger charge is 2.60. The normalized spacial score (nSPS) is 25.2. The minimum Gasteiger partial charge on any atom is -0.490 e. The van der Waals surface area contributed by atoms with Gasteiger partial charge in [0.15, 0.2) is 12.2 Å². The van der Waals surface area contributed by atoms with Crippen molar-refractivity contribution in [2.45, 2.75) is 89.7 Å². The van der Waals surface area contributed by atoms with Gasteiger partial charge in [-0.3, -0.25) is 19.2 Å². The Morgan fingerprint density at radius 3 is 2.07 bits per heavy atom. The molecule has 1 N–H and O–H groups in total. The molecule has 4 rings (SSSR count). The van der Waals surface area contributed by atoms with Gasteiger partial charge < -0.3 is 33.5 Å². The van der Waals surface area contributed by atoms with Gasteiger partial charge in [-0.05, 0) is 61.1 Å². The number of carbonyl (C=O) groups excluding carboxylic acids is 4. The lowest BCUT2D eigenvalue weighted by molar-refractivity contribution is -0.360. The maximum absolute atomic E-state index is 12.2. The van der Waals surface area contributed by atoms with E-state index < -0.39 is 60.7 Å². The van der Waals surface area contributed by atoms with Crippen LogP contribution in [0.1, 0.15) is 63.6 Å². The van der Waals surface area contributed by atoms with E-state index in [1.807, 2.05) is 24.3 Å². The van der Waals surface area contributed by atoms with Crippen LogP contribution in [0, 0.1) is 0 Å². The first-order valence-electron chi connectivity index (χ1n) is 14.0. The average Bonchev–Trinajstić information content (AvgIpc) is 2.90. The zero-order valence-electron chi connectivity index (χ0n) is 24.4. The largest absolute Gasteiger partial charge is 0.490 e. The molecule has 232 valence electrons. The van der Waals surface area contributed by atoms with E-state index in [-0.39, 0.29) is 11.7 Å². The first kappa shape index (κ1) is 32.2. The van der Waals surface area contributed by atoms with Crippen molar-refractivity contribution >= 4 is 35.5 Å². The van der Waals surface area contributed by atoms with E-state index in [0.29, 0.717) is 17.0 Å². The second-order valence-electron chi connectivity index (χ2n) is 10.6. The Morgan fingerprint density at radius 1 is 0.884 bits per heavy atom. The lowest BCUT2D eigenvalue weighted by Crippen LogP contribution is -2.66. The third-order valence-corrected chi connectivity index (χ3v) is 7.55. The van der Waals surface area contributed by atoms with Gasteiger partial charge in [0.25, 0.3) is 0 Å². The molecular formula is C31H35ClO11. The fraction of sp³-hybridized carbons (Fsp3) is 0.484. The first-order chi connectivity index (χ1) is 20.4. The maximum atomic E-state index is 12.2. The van der Waals surface area contributed by atoms with Gasteiger partial charge in [-0.25, -0.2) is 0 Å². The van der Waals surface area contributed by atoms with Gasteiger partial charge in [0.05, 0.1) is 6.10 Å². The molecule has 2 fully saturated rings. The molecule has 11 nitrogen and oxygen atoms in total. The summed E-state index contributed by atoms with van der Waals surface area (Å²) >= 11 is 6.55. The summed E-state index contributed by atoms with van der Waals surface area (Å²) in [7, 11) is 0. The summed E-state index contributed by atoms with van der Waals surface area (Å²) < 4.78 is 33.4. The number of hydrogen-bond donors (Lipinski definition) is 1. The van der Waals surface area contributed by atoms with Crippen molar-refractivity contribution in [1.29, 1.82) is 0 Å². The van der Waals surface area contributed by atoms with Crippen LogP contribution in [0.25, 0.3) is 0 Å². The quantitative estimate of drug-likeness (QED) is 0.307. The molecule has 0 spiro atoms. The number of benzene rings is 2. The molecule has 2 aromatic carbocycles. The van der Waals surface area contributed by atoms with E-state index in [0.717, 1.165) is 44.9 Å². The molecule has 43 heavy (non-hydrogen) atoms. The zero-order chi connectivity index (χ0) is 31.3. The van der Waals surface area contributed by atoms with E-state index in [9.17, 15) is 24.3 Å². The molecule has 0 amide bonds. The SMILES string of the molecule is CC(=O)OC[C@H]1O[C@@](O)(c2ccc(Cl)c(Cc3ccc(OC4CCC4)cc3)c2)[C@H](OC(C)=O)[C@@H](OC(C)=O)[C@@H]1OC(C)=O. The van der Waals surface area contributed by atoms with Crippen LogP contribution in [0.4, 0.5) is 0 Å². The van der Waals surface area contributed by atoms with E-state index in [4.69, 9.17) is 40.0 Å². The summed E-state index contributed by atoms with van der Waals surface area (Å²) in [5.74, 6) is -4.76. The van der Waals surface area contributed by atoms with Crippen LogP contribution in [0.5, 0.6) is 5.75 Å². The molecule has 1 aliphatic carbocycles. The van der Waals surface area contributed by atoms with Gasteiger partial charge in [0.1, 0.15) is 18.5 Å². The standard InChI is InChI=1S/C31H35ClO11/c1-17(33)38-16-27-28(39-18(2)34)29(40-19(3)35)30(41-20(4)36)31(37,43-27)23-10-13-26(32)22(15-23)14-21-8-11-25(12-9-21)42-24-6-5-7-24/h8-13,15,24,27-30,37H,5-7,14,16H2,1-4H3/t27-,28-,29+,30-,31+/m1/s1. The van der Waals surface area contributed by atoms with E-state index in [2.05, 4.69) is 0 Å². The Labute approximate surface area is 254 Å². The summed E-state index contributed by atoms with van der Waals surface area (Å²) in [6, 6.07) is 12.2. The van der Waals surface area contributed by atoms with Crippen molar-refractivity contribution in [3.8, 4) is 5.75 Å². The fourth-order valence-corrected chi connectivity index (χ4v) is 5.22. The zero-order valence-corrected chi connectivity index (χ0v) is 25.1. The molecule has 5 atom stereocenters. The van der Waals surface area contributed by atoms with Gasteiger partial charge in [-0.2, -0.15) is 0 Å². The minimum absolute atomic E-state index is 0.106. The van der Waals surface area contributed by atoms with Gasteiger partial charge in [-0.1, -0.05) is 29.8 Å². The number of esters is 4. The summed E-state index contributed by atoms with van der Waals surface area (Å²) in [6.45, 7) is 4.01. The van der Waals surface area contributed by atoms with Crippen molar-refractivity contribution in [3.05, 3.63) is 64.2 Å². The summed E-state index contributed by atoms with van der Waals surface area (Å²) in [5.41, 5.74) is 1.62. The van der Waals surface area contributed by atoms with Crippen molar-refractivity contribution < 1.29 is 52.7 Å². The molecule has 2 aromatic rings. The second-order valence-corrected chi connectivity index (χ2v) is 11.0. The number of hydrogen-bond acceptors (Lipinski definition) is 11. The van der Waals surface area contributed by atoms with Crippen molar-refractivity contribution in [1.82, 2.24) is 0 Å². The van der Waals surface area contributed by atoms with Crippen LogP contribution < -0.4 is 4.74 Å². The highest BCUT2D eigenvalue weighted by Crippen LogP contribution is 2.42. The third kappa shape index (κ3) is 8.04. The number of halogens is 1. The molecule has 0 unspecified atom stereocenters. The Morgan fingerprint density at radius 2 is 1.51 bits per heavy atom. The highest BCUT2D eigenvalue weighted by atomic mass is 35.5. The van der Waals surface area contributed by atoms with Crippen LogP contribution in [-0.4, -0.2) is 66.1 Å². The molecule has 12 heteroatoms. The molecule has 0 bridgehead atoms. The van der Waals surface area contributed by atoms with Crippen molar-refractivity contribution in [3.63, 3.8) is 0 Å². The molecule has 1 aliphatic heterocycles. The number of carbonyl (C=O) groups is 4. The monoisotopic (exact) mass is 618 g/mol. The van der Waals surface area contributed by atoms with Crippen LogP contribution in [0.2, 0.25) is 5.02 Å². The minimum atomic E-state index is -2.45. The van der Waals surface area contributed by atoms with Crippen LogP contribution in [-0.2, 0) is 55.1 Å². The molecule has 0 radical (unpaired) electrons. The van der Waals surface area contributed by atoms with Gasteiger partial charge in [-0.15, -0.1) is 0 Å². The van der Waals surface area contributed by atoms with E-state index >= 15 is 0 Å². The Balaban J connectivity index is 1.71. The average molecular weight is 619 g/mol. The highest BCUT2D eigenvalue weighted by molar-refractivity contribution is 6.31. The van der Waals surface area contributed by atoms with E-state index in [1.54, 1.807) is 12.1 Å². The van der Waals surface area contributed by atoms with Gasteiger partial charge in [0, 0.05) is 38.3 Å². The summed E-state index contributed by atoms with van der Waals surface area (Å²) in [6.07, 6.45) is -2.08. The predicted molar refractivity (Wildman–Crippen MR) is 151 cm³/mol. The smallest absolute Gasteiger partial charge is 0.303 e. The van der Waals surface area contributed by atoms with Crippen LogP contribution in [0.3, 0.4) is 0 Å². The van der Waals surface area contributed by atoms with E-state index in [1.165, 1.54) is 19.4 Å². The number of rotatable bonds is 10. The van der Waals surface area contributed by atoms with Gasteiger partial charge in [0.2, 0.25) is 11.9 Å². The topological polar surface area (TPSA) is 144 Å². The fourth-order valence-electron chi connectivity index (χ4n) is 5.03. The Kier molecular flexibility index (Phi) is 10.3. The number of ether oxygens (including phenoxy) is 6. The lowest BCUT2D eigenvalue weighted by atomic mass is 9.86. The molecule has 2 aliphatic rings. The van der Waals surface area contributed by atoms with Crippen LogP contribution in [0.15, 0.2) is 42.5 Å². The van der Waals surface area contributed by atoms with Crippen molar-refractivity contribution in [2.75, 3.05) is 6.61 Å². The molecule has 1 saturated heterocycles. The Hall–Kier alpha value is -3.67. The Bertz CT molecular complexity index is 1340. The van der Waals surface area contributed by atoms with Crippen molar-refractivity contribution in [2.24, 2.45) is 0 Å². The molecule has 0 aromatic heterocycles. The maximum Gasteiger partial charge on any atom is 0.303 e. The molecular weight excluding hydrogens is 584 g/mol. The third-order valence-electron chi connectivity index (χ3n) is 7.19. The number of aliphatic hydroxyl groups is 1. The lowest BCUT2D eigenvalue weighted by Gasteiger charge is -2.48. The second kappa shape index (κ2) is 13.7. The summed E-state index contributed by atoms with van der Waals surface area (Å²) in [4.78, 5) is 48.0. The predicted octanol–water partition coefficient (Wildman–Crippen LogP) is 3.76.